The molecule has 0 fully saturated rings. The average Bonchev–Trinajstić information content (AvgIpc) is 2.99. The first-order chi connectivity index (χ1) is 8.31. The summed E-state index contributed by atoms with van der Waals surface area (Å²) in [7, 11) is 1.45. The first-order valence-corrected chi connectivity index (χ1v) is 5.87. The summed E-state index contributed by atoms with van der Waals surface area (Å²) in [4.78, 5) is 11.9. The lowest BCUT2D eigenvalue weighted by Crippen LogP contribution is -2.11. The molecule has 86 valence electrons. The van der Waals surface area contributed by atoms with Gasteiger partial charge in [0.05, 0.1) is 7.11 Å². The molecule has 2 aliphatic rings. The van der Waals surface area contributed by atoms with E-state index in [0.717, 1.165) is 23.1 Å². The van der Waals surface area contributed by atoms with Crippen molar-refractivity contribution >= 4 is 11.5 Å². The van der Waals surface area contributed by atoms with Gasteiger partial charge < -0.3 is 4.74 Å². The SMILES string of the molecule is COC(=O)C1=C(c2ccccc2)C2C=CC1C2. The third-order valence-corrected chi connectivity index (χ3v) is 3.61. The van der Waals surface area contributed by atoms with Crippen molar-refractivity contribution in [1.82, 2.24) is 0 Å². The van der Waals surface area contributed by atoms with Gasteiger partial charge in [-0.1, -0.05) is 42.5 Å². The van der Waals surface area contributed by atoms with Crippen molar-refractivity contribution in [2.24, 2.45) is 11.8 Å². The number of ether oxygens (including phenoxy) is 1. The fraction of sp³-hybridized carbons (Fsp3) is 0.267. The monoisotopic (exact) mass is 226 g/mol. The van der Waals surface area contributed by atoms with Crippen molar-refractivity contribution in [1.29, 1.82) is 0 Å². The number of methoxy groups -OCH3 is 1. The van der Waals surface area contributed by atoms with E-state index in [9.17, 15) is 4.79 Å². The van der Waals surface area contributed by atoms with Crippen LogP contribution in [0.2, 0.25) is 0 Å². The number of hydrogen-bond acceptors (Lipinski definition) is 2. The van der Waals surface area contributed by atoms with Crippen LogP contribution < -0.4 is 0 Å². The topological polar surface area (TPSA) is 26.3 Å². The Kier molecular flexibility index (Phi) is 2.36. The minimum absolute atomic E-state index is 0.180. The summed E-state index contributed by atoms with van der Waals surface area (Å²) >= 11 is 0. The Balaban J connectivity index is 2.11. The Bertz CT molecular complexity index is 511. The van der Waals surface area contributed by atoms with Crippen molar-refractivity contribution in [3.63, 3.8) is 0 Å². The number of hydrogen-bond donors (Lipinski definition) is 0. The van der Waals surface area contributed by atoms with E-state index in [1.54, 1.807) is 0 Å². The van der Waals surface area contributed by atoms with Gasteiger partial charge in [0, 0.05) is 17.4 Å². The van der Waals surface area contributed by atoms with Gasteiger partial charge in [-0.3, -0.25) is 0 Å². The Hall–Kier alpha value is -1.83. The molecule has 0 aromatic heterocycles. The van der Waals surface area contributed by atoms with Crippen molar-refractivity contribution in [2.75, 3.05) is 7.11 Å². The van der Waals surface area contributed by atoms with E-state index in [0.29, 0.717) is 5.92 Å². The summed E-state index contributed by atoms with van der Waals surface area (Å²) in [6.45, 7) is 0. The molecule has 0 heterocycles. The van der Waals surface area contributed by atoms with Crippen LogP contribution in [0.25, 0.3) is 5.57 Å². The maximum Gasteiger partial charge on any atom is 0.334 e. The highest BCUT2D eigenvalue weighted by Crippen LogP contribution is 2.48. The van der Waals surface area contributed by atoms with Gasteiger partial charge in [-0.2, -0.15) is 0 Å². The molecule has 0 N–H and O–H groups in total. The Morgan fingerprint density at radius 2 is 1.88 bits per heavy atom. The van der Waals surface area contributed by atoms with Crippen LogP contribution in [0.15, 0.2) is 48.1 Å². The van der Waals surface area contributed by atoms with Gasteiger partial charge >= 0.3 is 5.97 Å². The number of carbonyl (C=O) groups excluding carboxylic acids is 1. The van der Waals surface area contributed by atoms with Gasteiger partial charge in [0.25, 0.3) is 0 Å². The Morgan fingerprint density at radius 1 is 1.18 bits per heavy atom. The fourth-order valence-electron chi connectivity index (χ4n) is 2.89. The van der Waals surface area contributed by atoms with Crippen molar-refractivity contribution in [3.05, 3.63) is 53.6 Å². The van der Waals surface area contributed by atoms with Gasteiger partial charge in [-0.05, 0) is 17.6 Å². The fourth-order valence-corrected chi connectivity index (χ4v) is 2.89. The van der Waals surface area contributed by atoms with Crippen molar-refractivity contribution in [3.8, 4) is 0 Å². The molecule has 0 saturated carbocycles. The molecule has 1 aromatic carbocycles. The standard InChI is InChI=1S/C15H14O2/c1-17-15(16)14-12-8-7-11(9-12)13(14)10-5-3-2-4-6-10/h2-8,11-12H,9H2,1H3. The minimum Gasteiger partial charge on any atom is -0.466 e. The smallest absolute Gasteiger partial charge is 0.334 e. The van der Waals surface area contributed by atoms with Crippen LogP contribution in [-0.4, -0.2) is 13.1 Å². The van der Waals surface area contributed by atoms with Crippen LogP contribution >= 0.6 is 0 Å². The minimum atomic E-state index is -0.180. The molecule has 2 nitrogen and oxygen atoms in total. The zero-order chi connectivity index (χ0) is 11.8. The van der Waals surface area contributed by atoms with Gasteiger partial charge in [0.1, 0.15) is 0 Å². The predicted molar refractivity (Wildman–Crippen MR) is 66.1 cm³/mol. The van der Waals surface area contributed by atoms with E-state index < -0.39 is 0 Å². The van der Waals surface area contributed by atoms with E-state index in [4.69, 9.17) is 4.74 Å². The van der Waals surface area contributed by atoms with Crippen LogP contribution in [0.1, 0.15) is 12.0 Å². The Morgan fingerprint density at radius 3 is 2.59 bits per heavy atom. The van der Waals surface area contributed by atoms with E-state index in [-0.39, 0.29) is 11.9 Å². The molecule has 2 bridgehead atoms. The maximum atomic E-state index is 11.9. The van der Waals surface area contributed by atoms with Gasteiger partial charge in [-0.15, -0.1) is 0 Å². The van der Waals surface area contributed by atoms with E-state index >= 15 is 0 Å². The molecule has 2 heteroatoms. The largest absolute Gasteiger partial charge is 0.466 e. The zero-order valence-corrected chi connectivity index (χ0v) is 9.72. The molecule has 0 spiro atoms. The number of allylic oxidation sites excluding steroid dienone is 3. The first-order valence-electron chi connectivity index (χ1n) is 5.87. The van der Waals surface area contributed by atoms with Crippen LogP contribution in [0.4, 0.5) is 0 Å². The number of fused-ring (bicyclic) bond motifs is 2. The highest BCUT2D eigenvalue weighted by Gasteiger charge is 2.39. The van der Waals surface area contributed by atoms with Gasteiger partial charge in [0.15, 0.2) is 0 Å². The quantitative estimate of drug-likeness (QED) is 0.572. The summed E-state index contributed by atoms with van der Waals surface area (Å²) in [6.07, 6.45) is 5.36. The second-order valence-corrected chi connectivity index (χ2v) is 4.52. The van der Waals surface area contributed by atoms with Crippen LogP contribution in [-0.2, 0) is 9.53 Å². The third kappa shape index (κ3) is 1.52. The van der Waals surface area contributed by atoms with Crippen molar-refractivity contribution < 1.29 is 9.53 Å². The molecular formula is C15H14O2. The first kappa shape index (κ1) is 10.3. The molecule has 2 aliphatic carbocycles. The highest BCUT2D eigenvalue weighted by atomic mass is 16.5. The molecule has 1 aromatic rings. The number of carbonyl (C=O) groups is 1. The van der Waals surface area contributed by atoms with Gasteiger partial charge in [-0.25, -0.2) is 4.79 Å². The normalized spacial score (nSPS) is 25.5. The van der Waals surface area contributed by atoms with E-state index in [1.165, 1.54) is 7.11 Å². The third-order valence-electron chi connectivity index (χ3n) is 3.61. The summed E-state index contributed by atoms with van der Waals surface area (Å²) in [6, 6.07) is 10.1. The van der Waals surface area contributed by atoms with E-state index in [2.05, 4.69) is 24.3 Å². The molecular weight excluding hydrogens is 212 g/mol. The molecule has 0 aliphatic heterocycles. The summed E-state index contributed by atoms with van der Waals surface area (Å²) in [5, 5.41) is 0. The molecule has 2 unspecified atom stereocenters. The summed E-state index contributed by atoms with van der Waals surface area (Å²) < 4.78 is 4.91. The molecule has 0 radical (unpaired) electrons. The summed E-state index contributed by atoms with van der Waals surface area (Å²) in [5.74, 6) is 0.458. The van der Waals surface area contributed by atoms with E-state index in [1.807, 2.05) is 18.2 Å². The average molecular weight is 226 g/mol. The van der Waals surface area contributed by atoms with Crippen LogP contribution in [0.5, 0.6) is 0 Å². The number of rotatable bonds is 2. The zero-order valence-electron chi connectivity index (χ0n) is 9.72. The van der Waals surface area contributed by atoms with Crippen LogP contribution in [0, 0.1) is 11.8 Å². The Labute approximate surface area is 101 Å². The van der Waals surface area contributed by atoms with Gasteiger partial charge in [0.2, 0.25) is 0 Å². The molecule has 0 amide bonds. The lowest BCUT2D eigenvalue weighted by atomic mass is 9.91. The van der Waals surface area contributed by atoms with Crippen molar-refractivity contribution in [2.45, 2.75) is 6.42 Å². The number of esters is 1. The van der Waals surface area contributed by atoms with Crippen LogP contribution in [0.3, 0.4) is 0 Å². The second kappa shape index (κ2) is 3.88. The maximum absolute atomic E-state index is 11.9. The number of benzene rings is 1. The lowest BCUT2D eigenvalue weighted by Gasteiger charge is -2.14. The molecule has 0 saturated heterocycles. The molecule has 3 rings (SSSR count). The highest BCUT2D eigenvalue weighted by molar-refractivity contribution is 6.01. The second-order valence-electron chi connectivity index (χ2n) is 4.52. The predicted octanol–water partition coefficient (Wildman–Crippen LogP) is 2.82. The summed E-state index contributed by atoms with van der Waals surface area (Å²) in [5.41, 5.74) is 3.15. The molecule has 2 atom stereocenters. The lowest BCUT2D eigenvalue weighted by molar-refractivity contribution is -0.136. The molecule has 17 heavy (non-hydrogen) atoms.